The minimum Gasteiger partial charge on any atom is -0.378 e. The molecule has 8 nitrogen and oxygen atoms in total. The minimum absolute atomic E-state index is 0.0216. The van der Waals surface area contributed by atoms with Crippen LogP contribution in [0.5, 0.6) is 0 Å². The number of aromatic nitrogens is 1. The third-order valence-corrected chi connectivity index (χ3v) is 6.57. The Morgan fingerprint density at radius 2 is 1.90 bits per heavy atom. The Labute approximate surface area is 172 Å². The number of nitrogens with two attached hydrogens (primary N) is 1. The van der Waals surface area contributed by atoms with E-state index in [4.69, 9.17) is 9.88 Å². The lowest BCUT2D eigenvalue weighted by Gasteiger charge is -2.25. The van der Waals surface area contributed by atoms with E-state index in [9.17, 15) is 13.2 Å². The van der Waals surface area contributed by atoms with Crippen LogP contribution in [0.15, 0.2) is 47.4 Å². The first kappa shape index (κ1) is 19.8. The van der Waals surface area contributed by atoms with E-state index >= 15 is 0 Å². The molecule has 29 heavy (non-hydrogen) atoms. The molecular weight excluding hydrogens is 412 g/mol. The molecule has 2 heterocycles. The summed E-state index contributed by atoms with van der Waals surface area (Å²) in [4.78, 5) is 19.3. The average Bonchev–Trinajstić information content (AvgIpc) is 3.12. The molecule has 0 unspecified atom stereocenters. The van der Waals surface area contributed by atoms with Crippen molar-refractivity contribution in [3.8, 4) is 0 Å². The molecule has 1 aliphatic rings. The summed E-state index contributed by atoms with van der Waals surface area (Å²) in [5.41, 5.74) is 2.29. The van der Waals surface area contributed by atoms with Gasteiger partial charge in [0.1, 0.15) is 0 Å². The van der Waals surface area contributed by atoms with Crippen LogP contribution in [0.1, 0.15) is 5.56 Å². The number of hydrogen-bond acceptors (Lipinski definition) is 7. The smallest absolute Gasteiger partial charge is 0.238 e. The van der Waals surface area contributed by atoms with Crippen molar-refractivity contribution in [2.45, 2.75) is 11.3 Å². The lowest BCUT2D eigenvalue weighted by atomic mass is 10.1. The number of nitrogens with one attached hydrogen (secondary N) is 1. The van der Waals surface area contributed by atoms with Gasteiger partial charge >= 0.3 is 0 Å². The number of anilines is 2. The van der Waals surface area contributed by atoms with E-state index < -0.39 is 10.0 Å². The maximum Gasteiger partial charge on any atom is 0.238 e. The lowest BCUT2D eigenvalue weighted by molar-refractivity contribution is -0.115. The second-order valence-corrected chi connectivity index (χ2v) is 9.26. The molecule has 0 bridgehead atoms. The third kappa shape index (κ3) is 4.73. The fourth-order valence-corrected chi connectivity index (χ4v) is 4.64. The Morgan fingerprint density at radius 1 is 1.17 bits per heavy atom. The molecule has 10 heteroatoms. The van der Waals surface area contributed by atoms with E-state index in [1.54, 1.807) is 23.5 Å². The molecule has 1 aliphatic heterocycles. The number of carbonyl (C=O) groups excluding carboxylic acids is 1. The Hall–Kier alpha value is -2.53. The molecule has 1 saturated heterocycles. The second kappa shape index (κ2) is 8.07. The van der Waals surface area contributed by atoms with Gasteiger partial charge in [0.05, 0.1) is 34.7 Å². The topological polar surface area (TPSA) is 115 Å². The van der Waals surface area contributed by atoms with Gasteiger partial charge in [0.15, 0.2) is 5.13 Å². The molecule has 1 fully saturated rings. The van der Waals surface area contributed by atoms with Crippen LogP contribution in [0.3, 0.4) is 0 Å². The van der Waals surface area contributed by atoms with Gasteiger partial charge in [-0.2, -0.15) is 0 Å². The van der Waals surface area contributed by atoms with Crippen LogP contribution in [-0.4, -0.2) is 45.6 Å². The van der Waals surface area contributed by atoms with Crippen LogP contribution in [0, 0.1) is 0 Å². The van der Waals surface area contributed by atoms with Gasteiger partial charge in [-0.1, -0.05) is 23.5 Å². The Balaban J connectivity index is 1.43. The van der Waals surface area contributed by atoms with Crippen molar-refractivity contribution < 1.29 is 17.9 Å². The number of thiazole rings is 1. The van der Waals surface area contributed by atoms with E-state index in [0.717, 1.165) is 28.4 Å². The third-order valence-electron chi connectivity index (χ3n) is 4.56. The highest BCUT2D eigenvalue weighted by atomic mass is 32.2. The number of morpholine rings is 1. The summed E-state index contributed by atoms with van der Waals surface area (Å²) in [6, 6.07) is 11.6. The zero-order valence-electron chi connectivity index (χ0n) is 15.5. The molecule has 3 aromatic rings. The molecular formula is C19H20N4O4S2. The average molecular weight is 433 g/mol. The van der Waals surface area contributed by atoms with Gasteiger partial charge in [0.25, 0.3) is 0 Å². The number of fused-ring (bicyclic) bond motifs is 1. The summed E-state index contributed by atoms with van der Waals surface area (Å²) in [5.74, 6) is -0.189. The Bertz CT molecular complexity index is 1140. The summed E-state index contributed by atoms with van der Waals surface area (Å²) in [6.07, 6.45) is 0.130. The molecule has 0 saturated carbocycles. The highest BCUT2D eigenvalue weighted by molar-refractivity contribution is 7.89. The number of hydrogen-bond donors (Lipinski definition) is 2. The number of sulfonamides is 1. The van der Waals surface area contributed by atoms with Crippen LogP contribution in [0.25, 0.3) is 10.2 Å². The second-order valence-electron chi connectivity index (χ2n) is 6.69. The number of ether oxygens (including phenoxy) is 1. The molecule has 0 atom stereocenters. The first-order valence-electron chi connectivity index (χ1n) is 9.03. The van der Waals surface area contributed by atoms with Crippen LogP contribution < -0.4 is 15.4 Å². The Kier molecular flexibility index (Phi) is 5.50. The van der Waals surface area contributed by atoms with Crippen molar-refractivity contribution in [3.63, 3.8) is 0 Å². The zero-order valence-corrected chi connectivity index (χ0v) is 17.1. The maximum atomic E-state index is 12.4. The number of carbonyl (C=O) groups is 1. The maximum absolute atomic E-state index is 12.4. The largest absolute Gasteiger partial charge is 0.378 e. The quantitative estimate of drug-likeness (QED) is 0.637. The van der Waals surface area contributed by atoms with Crippen molar-refractivity contribution in [1.82, 2.24) is 4.98 Å². The Morgan fingerprint density at radius 3 is 2.59 bits per heavy atom. The van der Waals surface area contributed by atoms with E-state index in [2.05, 4.69) is 15.2 Å². The predicted octanol–water partition coefficient (Wildman–Crippen LogP) is 1.96. The SMILES string of the molecule is NS(=O)(=O)c1ccc(CC(=O)Nc2ccc3nc(N4CCOCC4)sc3c2)cc1. The molecule has 3 N–H and O–H groups in total. The summed E-state index contributed by atoms with van der Waals surface area (Å²) >= 11 is 1.59. The van der Waals surface area contributed by atoms with Crippen molar-refractivity contribution in [3.05, 3.63) is 48.0 Å². The monoisotopic (exact) mass is 432 g/mol. The summed E-state index contributed by atoms with van der Waals surface area (Å²) in [7, 11) is -3.74. The minimum atomic E-state index is -3.74. The van der Waals surface area contributed by atoms with Crippen molar-refractivity contribution in [1.29, 1.82) is 0 Å². The van der Waals surface area contributed by atoms with Gasteiger partial charge < -0.3 is 15.0 Å². The molecule has 0 radical (unpaired) electrons. The highest BCUT2D eigenvalue weighted by Crippen LogP contribution is 2.31. The highest BCUT2D eigenvalue weighted by Gasteiger charge is 2.16. The number of amides is 1. The van der Waals surface area contributed by atoms with E-state index in [1.165, 1.54) is 12.1 Å². The lowest BCUT2D eigenvalue weighted by Crippen LogP contribution is -2.36. The van der Waals surface area contributed by atoms with Gasteiger partial charge in [-0.15, -0.1) is 0 Å². The summed E-state index contributed by atoms with van der Waals surface area (Å²) < 4.78 is 29.0. The van der Waals surface area contributed by atoms with Gasteiger partial charge in [-0.25, -0.2) is 18.5 Å². The standard InChI is InChI=1S/C19H20N4O4S2/c20-29(25,26)15-4-1-13(2-5-15)11-18(24)21-14-3-6-16-17(12-14)28-19(22-16)23-7-9-27-10-8-23/h1-6,12H,7-11H2,(H,21,24)(H2,20,25,26). The fourth-order valence-electron chi connectivity index (χ4n) is 3.07. The summed E-state index contributed by atoms with van der Waals surface area (Å²) in [5, 5.41) is 8.92. The van der Waals surface area contributed by atoms with Crippen molar-refractivity contribution in [2.75, 3.05) is 36.5 Å². The van der Waals surface area contributed by atoms with E-state index in [-0.39, 0.29) is 17.2 Å². The number of primary sulfonamides is 1. The van der Waals surface area contributed by atoms with Crippen LogP contribution in [0.2, 0.25) is 0 Å². The van der Waals surface area contributed by atoms with Crippen LogP contribution >= 0.6 is 11.3 Å². The predicted molar refractivity (Wildman–Crippen MR) is 113 cm³/mol. The number of rotatable bonds is 5. The first-order chi connectivity index (χ1) is 13.9. The fraction of sp³-hybridized carbons (Fsp3) is 0.263. The van der Waals surface area contributed by atoms with Gasteiger partial charge in [0, 0.05) is 18.8 Å². The number of benzene rings is 2. The first-order valence-corrected chi connectivity index (χ1v) is 11.4. The molecule has 0 aliphatic carbocycles. The van der Waals surface area contributed by atoms with Gasteiger partial charge in [-0.3, -0.25) is 4.79 Å². The molecule has 4 rings (SSSR count). The number of nitrogens with zero attached hydrogens (tertiary/aromatic N) is 2. The van der Waals surface area contributed by atoms with Crippen molar-refractivity contribution >= 4 is 48.3 Å². The summed E-state index contributed by atoms with van der Waals surface area (Å²) in [6.45, 7) is 3.06. The molecule has 1 aromatic heterocycles. The molecule has 0 spiro atoms. The van der Waals surface area contributed by atoms with Crippen molar-refractivity contribution in [2.24, 2.45) is 5.14 Å². The zero-order chi connectivity index (χ0) is 20.4. The van der Waals surface area contributed by atoms with Gasteiger partial charge in [-0.05, 0) is 35.9 Å². The normalized spacial score (nSPS) is 14.9. The van der Waals surface area contributed by atoms with E-state index in [1.807, 2.05) is 18.2 Å². The molecule has 1 amide bonds. The molecule has 152 valence electrons. The van der Waals surface area contributed by atoms with Gasteiger partial charge in [0.2, 0.25) is 15.9 Å². The van der Waals surface area contributed by atoms with Crippen LogP contribution in [-0.2, 0) is 26.0 Å². The van der Waals surface area contributed by atoms with Crippen LogP contribution in [0.4, 0.5) is 10.8 Å². The molecule has 2 aromatic carbocycles. The van der Waals surface area contributed by atoms with E-state index in [0.29, 0.717) is 24.5 Å².